The summed E-state index contributed by atoms with van der Waals surface area (Å²) in [6.07, 6.45) is 1.92. The van der Waals surface area contributed by atoms with Crippen LogP contribution in [0.4, 0.5) is 4.79 Å². The number of piperidine rings is 1. The molecule has 11 nitrogen and oxygen atoms in total. The van der Waals surface area contributed by atoms with E-state index in [9.17, 15) is 18.0 Å². The molecule has 0 aliphatic carbocycles. The van der Waals surface area contributed by atoms with Crippen LogP contribution in [0.2, 0.25) is 0 Å². The maximum atomic E-state index is 12.3. The van der Waals surface area contributed by atoms with E-state index in [2.05, 4.69) is 9.76 Å². The third-order valence-corrected chi connectivity index (χ3v) is 4.64. The van der Waals surface area contributed by atoms with Gasteiger partial charge in [0.05, 0.1) is 12.1 Å². The van der Waals surface area contributed by atoms with Crippen molar-refractivity contribution in [3.63, 3.8) is 0 Å². The van der Waals surface area contributed by atoms with E-state index in [0.717, 1.165) is 0 Å². The number of hydrogen-bond donors (Lipinski definition) is 2. The van der Waals surface area contributed by atoms with Crippen molar-refractivity contribution in [1.82, 2.24) is 15.4 Å². The van der Waals surface area contributed by atoms with Crippen LogP contribution in [0.5, 0.6) is 0 Å². The fraction of sp³-hybridized carbons (Fsp3) is 0.833. The monoisotopic (exact) mass is 365 g/mol. The zero-order valence-electron chi connectivity index (χ0n) is 12.8. The quantitative estimate of drug-likeness (QED) is 0.478. The molecule has 0 aromatic heterocycles. The molecule has 3 saturated heterocycles. The Balaban J connectivity index is 1.58. The van der Waals surface area contributed by atoms with Gasteiger partial charge >= 0.3 is 16.4 Å². The summed E-state index contributed by atoms with van der Waals surface area (Å²) in [5.41, 5.74) is 2.37. The molecule has 0 aromatic rings. The fourth-order valence-electron chi connectivity index (χ4n) is 3.11. The number of nitrogens with one attached hydrogen (secondary N) is 1. The van der Waals surface area contributed by atoms with E-state index in [-0.39, 0.29) is 12.6 Å². The van der Waals surface area contributed by atoms with Gasteiger partial charge in [-0.3, -0.25) is 14.2 Å². The molecule has 136 valence electrons. The van der Waals surface area contributed by atoms with Crippen molar-refractivity contribution in [2.24, 2.45) is 0 Å². The van der Waals surface area contributed by atoms with Crippen molar-refractivity contribution in [2.75, 3.05) is 19.8 Å². The van der Waals surface area contributed by atoms with Crippen LogP contribution in [0.1, 0.15) is 25.7 Å². The minimum Gasteiger partial charge on any atom is -0.381 e. The first-order valence-electron chi connectivity index (χ1n) is 7.65. The van der Waals surface area contributed by atoms with E-state index in [4.69, 9.17) is 14.1 Å². The van der Waals surface area contributed by atoms with E-state index in [1.807, 2.05) is 0 Å². The lowest BCUT2D eigenvalue weighted by Gasteiger charge is -2.30. The highest BCUT2D eigenvalue weighted by Gasteiger charge is 2.49. The average Bonchev–Trinajstić information content (AvgIpc) is 2.77. The van der Waals surface area contributed by atoms with E-state index in [0.29, 0.717) is 44.0 Å². The zero-order valence-corrected chi connectivity index (χ0v) is 13.6. The van der Waals surface area contributed by atoms with E-state index >= 15 is 0 Å². The molecule has 2 bridgehead atoms. The molecule has 3 aliphatic heterocycles. The smallest absolute Gasteiger partial charge is 0.381 e. The van der Waals surface area contributed by atoms with Crippen molar-refractivity contribution in [1.29, 1.82) is 0 Å². The Hall–Kier alpha value is -1.47. The van der Waals surface area contributed by atoms with Crippen LogP contribution in [-0.2, 0) is 29.1 Å². The molecule has 12 heteroatoms. The van der Waals surface area contributed by atoms with Gasteiger partial charge in [0.15, 0.2) is 0 Å². The molecule has 0 spiro atoms. The Morgan fingerprint density at radius 2 is 1.96 bits per heavy atom. The maximum Gasteiger partial charge on any atom is 0.418 e. The molecule has 0 aromatic carbocycles. The summed E-state index contributed by atoms with van der Waals surface area (Å²) in [4.78, 5) is 31.0. The highest BCUT2D eigenvalue weighted by Crippen LogP contribution is 2.30. The van der Waals surface area contributed by atoms with Gasteiger partial charge in [-0.25, -0.2) is 10.3 Å². The summed E-state index contributed by atoms with van der Waals surface area (Å²) >= 11 is 0. The second-order valence-corrected chi connectivity index (χ2v) is 6.91. The summed E-state index contributed by atoms with van der Waals surface area (Å²) in [7, 11) is -4.80. The molecule has 0 radical (unpaired) electrons. The third kappa shape index (κ3) is 3.78. The Kier molecular flexibility index (Phi) is 4.92. The number of ether oxygens (including phenoxy) is 1. The van der Waals surface area contributed by atoms with Crippen LogP contribution in [0.15, 0.2) is 0 Å². The van der Waals surface area contributed by atoms with E-state index in [1.54, 1.807) is 0 Å². The number of hydrogen-bond acceptors (Lipinski definition) is 7. The third-order valence-electron chi connectivity index (χ3n) is 4.29. The van der Waals surface area contributed by atoms with Crippen molar-refractivity contribution in [2.45, 2.75) is 43.9 Å². The topological polar surface area (TPSA) is 135 Å². The first kappa shape index (κ1) is 17.4. The number of rotatable bonds is 5. The van der Waals surface area contributed by atoms with Crippen molar-refractivity contribution in [3.8, 4) is 0 Å². The Morgan fingerprint density at radius 3 is 2.62 bits per heavy atom. The van der Waals surface area contributed by atoms with Crippen LogP contribution in [0, 0.1) is 0 Å². The molecular weight excluding hydrogens is 346 g/mol. The first-order chi connectivity index (χ1) is 11.3. The average molecular weight is 365 g/mol. The molecule has 3 heterocycles. The lowest BCUT2D eigenvalue weighted by atomic mass is 10.0. The number of hydroxylamine groups is 3. The minimum absolute atomic E-state index is 0.132. The summed E-state index contributed by atoms with van der Waals surface area (Å²) in [5.74, 6) is -0.470. The first-order valence-corrected chi connectivity index (χ1v) is 9.02. The molecule has 2 N–H and O–H groups in total. The molecule has 3 amide bonds. The standard InChI is InChI=1S/C12H19N3O8S/c16-11(13-22-9-3-5-21-6-4-9)10-2-1-8-7-14(10)12(17)15(8)23-24(18,19)20/h8-10H,1-7H2,(H,13,16)(H,18,19,20)/t8?,10-/m0/s1. The molecule has 3 rings (SSSR count). The Morgan fingerprint density at radius 1 is 1.25 bits per heavy atom. The van der Waals surface area contributed by atoms with E-state index < -0.39 is 34.4 Å². The molecule has 24 heavy (non-hydrogen) atoms. The lowest BCUT2D eigenvalue weighted by molar-refractivity contribution is -0.148. The molecule has 0 saturated carbocycles. The Bertz CT molecular complexity index is 605. The predicted octanol–water partition coefficient (Wildman–Crippen LogP) is -0.784. The second-order valence-electron chi connectivity index (χ2n) is 5.91. The number of carbonyl (C=O) groups excluding carboxylic acids is 2. The van der Waals surface area contributed by atoms with Crippen LogP contribution in [-0.4, -0.2) is 72.8 Å². The Labute approximate surface area is 138 Å². The number of amides is 3. The molecule has 3 aliphatic rings. The SMILES string of the molecule is O=C(NOC1CCOCC1)[C@@H]1CCC2CN1C(=O)N2OS(=O)(=O)O. The fourth-order valence-corrected chi connectivity index (χ4v) is 3.50. The number of fused-ring (bicyclic) bond motifs is 2. The zero-order chi connectivity index (χ0) is 17.3. The van der Waals surface area contributed by atoms with E-state index in [1.165, 1.54) is 4.90 Å². The van der Waals surface area contributed by atoms with Gasteiger partial charge in [-0.15, -0.1) is 4.28 Å². The largest absolute Gasteiger partial charge is 0.418 e. The van der Waals surface area contributed by atoms with Gasteiger partial charge in [-0.1, -0.05) is 0 Å². The molecule has 2 atom stereocenters. The number of carbonyl (C=O) groups is 2. The van der Waals surface area contributed by atoms with Gasteiger partial charge in [0.1, 0.15) is 6.04 Å². The van der Waals surface area contributed by atoms with Crippen molar-refractivity contribution in [3.05, 3.63) is 0 Å². The highest BCUT2D eigenvalue weighted by molar-refractivity contribution is 7.80. The van der Waals surface area contributed by atoms with Gasteiger partial charge in [0.25, 0.3) is 5.91 Å². The molecule has 1 unspecified atom stereocenters. The summed E-state index contributed by atoms with van der Waals surface area (Å²) in [5, 5.41) is 0.599. The summed E-state index contributed by atoms with van der Waals surface area (Å²) < 4.78 is 39.9. The minimum atomic E-state index is -4.80. The predicted molar refractivity (Wildman–Crippen MR) is 76.5 cm³/mol. The van der Waals surface area contributed by atoms with Gasteiger partial charge in [-0.05, 0) is 25.7 Å². The van der Waals surface area contributed by atoms with Crippen molar-refractivity contribution >= 4 is 22.3 Å². The number of urea groups is 1. The lowest BCUT2D eigenvalue weighted by Crippen LogP contribution is -2.50. The van der Waals surface area contributed by atoms with Gasteiger partial charge < -0.3 is 9.64 Å². The number of nitrogens with zero attached hydrogens (tertiary/aromatic N) is 2. The second kappa shape index (κ2) is 6.80. The van der Waals surface area contributed by atoms with Crippen molar-refractivity contribution < 1.29 is 36.4 Å². The van der Waals surface area contributed by atoms with Gasteiger partial charge in [0.2, 0.25) is 0 Å². The van der Waals surface area contributed by atoms with Crippen LogP contribution >= 0.6 is 0 Å². The summed E-state index contributed by atoms with van der Waals surface area (Å²) in [6.45, 7) is 1.28. The maximum absolute atomic E-state index is 12.3. The molecular formula is C12H19N3O8S. The van der Waals surface area contributed by atoms with Crippen LogP contribution < -0.4 is 5.48 Å². The van der Waals surface area contributed by atoms with Crippen LogP contribution in [0.25, 0.3) is 0 Å². The van der Waals surface area contributed by atoms with Gasteiger partial charge in [-0.2, -0.15) is 13.5 Å². The highest BCUT2D eigenvalue weighted by atomic mass is 32.3. The molecule has 3 fully saturated rings. The summed E-state index contributed by atoms with van der Waals surface area (Å²) in [6, 6.07) is -2.08. The van der Waals surface area contributed by atoms with Gasteiger partial charge in [0, 0.05) is 19.8 Å². The van der Waals surface area contributed by atoms with Crippen LogP contribution in [0.3, 0.4) is 0 Å². The normalized spacial score (nSPS) is 28.3.